The molecule has 0 radical (unpaired) electrons. The Labute approximate surface area is 97.0 Å². The van der Waals surface area contributed by atoms with Crippen molar-refractivity contribution in [2.75, 3.05) is 0 Å². The zero-order valence-electron chi connectivity index (χ0n) is 5.59. The van der Waals surface area contributed by atoms with Gasteiger partial charge in [0.25, 0.3) is 9.05 Å². The van der Waals surface area contributed by atoms with E-state index in [9.17, 15) is 8.42 Å². The van der Waals surface area contributed by atoms with Gasteiger partial charge in [0.1, 0.15) is 0 Å². The van der Waals surface area contributed by atoms with Crippen molar-refractivity contribution < 1.29 is 8.42 Å². The Morgan fingerprint density at radius 2 is 2.00 bits per heavy atom. The summed E-state index contributed by atoms with van der Waals surface area (Å²) in [6.45, 7) is 0. The first-order valence-corrected chi connectivity index (χ1v) is 6.99. The summed E-state index contributed by atoms with van der Waals surface area (Å²) in [7, 11) is 1.56. The van der Waals surface area contributed by atoms with Gasteiger partial charge in [0.05, 0.1) is 4.90 Å². The monoisotopic (exact) mass is 380 g/mol. The van der Waals surface area contributed by atoms with Gasteiger partial charge in [-0.3, -0.25) is 0 Å². The van der Waals surface area contributed by atoms with Crippen LogP contribution in [0.2, 0.25) is 0 Å². The molecule has 0 fully saturated rings. The average Bonchev–Trinajstić information content (AvgIpc) is 1.83. The number of halogens is 3. The second-order valence-corrected chi connectivity index (χ2v) is 6.62. The van der Waals surface area contributed by atoms with Gasteiger partial charge in [-0.05, 0) is 40.8 Å². The maximum absolute atomic E-state index is 10.9. The molecule has 0 aliphatic rings. The third kappa shape index (κ3) is 2.58. The van der Waals surface area contributed by atoms with Crippen LogP contribution in [0.3, 0.4) is 0 Å². The molecule has 0 aliphatic carbocycles. The Kier molecular flexibility index (Phi) is 3.41. The van der Waals surface area contributed by atoms with Crippen LogP contribution >= 0.6 is 49.2 Å². The highest BCUT2D eigenvalue weighted by Crippen LogP contribution is 2.24. The van der Waals surface area contributed by atoms with Crippen LogP contribution in [-0.2, 0) is 9.05 Å². The molecule has 1 aromatic rings. The summed E-state index contributed by atoms with van der Waals surface area (Å²) in [5, 5.41) is 0. The van der Waals surface area contributed by atoms with Crippen molar-refractivity contribution in [3.05, 3.63) is 26.2 Å². The van der Waals surface area contributed by atoms with E-state index < -0.39 is 9.05 Å². The van der Waals surface area contributed by atoms with Crippen LogP contribution in [0.1, 0.15) is 0 Å². The second kappa shape index (κ2) is 3.81. The number of hydrogen-bond acceptors (Lipinski definition) is 2. The highest BCUT2D eigenvalue weighted by atomic mass is 127. The van der Waals surface area contributed by atoms with E-state index in [1.807, 2.05) is 22.6 Å². The molecule has 12 heavy (non-hydrogen) atoms. The lowest BCUT2D eigenvalue weighted by molar-refractivity contribution is 0.609. The van der Waals surface area contributed by atoms with Gasteiger partial charge >= 0.3 is 0 Å². The zero-order valence-corrected chi connectivity index (χ0v) is 10.9. The minimum Gasteiger partial charge on any atom is -0.207 e. The lowest BCUT2D eigenvalue weighted by atomic mass is 10.4. The molecule has 0 saturated heterocycles. The average molecular weight is 381 g/mol. The summed E-state index contributed by atoms with van der Waals surface area (Å²) in [4.78, 5) is 0.146. The maximum atomic E-state index is 10.9. The predicted molar refractivity (Wildman–Crippen MR) is 59.9 cm³/mol. The van der Waals surface area contributed by atoms with E-state index in [1.165, 1.54) is 6.07 Å². The predicted octanol–water partition coefficient (Wildman–Crippen LogP) is 2.98. The molecule has 0 bridgehead atoms. The Morgan fingerprint density at radius 1 is 1.42 bits per heavy atom. The standard InChI is InChI=1S/C6H3BrClIO2S/c7-4-1-2-6(5(9)3-4)12(8,10)11/h1-3H. The molecule has 0 heterocycles. The molecule has 0 saturated carbocycles. The molecular weight excluding hydrogens is 378 g/mol. The first kappa shape index (κ1) is 10.7. The van der Waals surface area contributed by atoms with Crippen molar-refractivity contribution in [2.24, 2.45) is 0 Å². The van der Waals surface area contributed by atoms with E-state index in [0.29, 0.717) is 3.57 Å². The van der Waals surface area contributed by atoms with Gasteiger partial charge in [-0.15, -0.1) is 0 Å². The van der Waals surface area contributed by atoms with Gasteiger partial charge < -0.3 is 0 Å². The third-order valence-corrected chi connectivity index (χ3v) is 4.29. The Hall–Kier alpha value is 0.670. The van der Waals surface area contributed by atoms with Gasteiger partial charge in [-0.1, -0.05) is 15.9 Å². The minimum atomic E-state index is -3.61. The van der Waals surface area contributed by atoms with Crippen LogP contribution in [0, 0.1) is 3.57 Å². The van der Waals surface area contributed by atoms with Crippen LogP contribution in [0.25, 0.3) is 0 Å². The third-order valence-electron chi connectivity index (χ3n) is 1.16. The maximum Gasteiger partial charge on any atom is 0.262 e. The summed E-state index contributed by atoms with van der Waals surface area (Å²) < 4.78 is 23.3. The lowest BCUT2D eigenvalue weighted by Gasteiger charge is -1.99. The molecule has 0 aromatic heterocycles. The Balaban J connectivity index is 3.39. The summed E-state index contributed by atoms with van der Waals surface area (Å²) >= 11 is 5.14. The van der Waals surface area contributed by atoms with E-state index in [2.05, 4.69) is 15.9 Å². The van der Waals surface area contributed by atoms with Crippen LogP contribution in [0.4, 0.5) is 0 Å². The lowest BCUT2D eigenvalue weighted by Crippen LogP contribution is -1.93. The molecule has 0 unspecified atom stereocenters. The highest BCUT2D eigenvalue weighted by molar-refractivity contribution is 14.1. The Bertz CT molecular complexity index is 404. The van der Waals surface area contributed by atoms with Crippen LogP contribution in [0.15, 0.2) is 27.6 Å². The molecule has 0 amide bonds. The fourth-order valence-corrected chi connectivity index (χ4v) is 4.16. The fraction of sp³-hybridized carbons (Fsp3) is 0. The summed E-state index contributed by atoms with van der Waals surface area (Å²) in [6, 6.07) is 4.79. The van der Waals surface area contributed by atoms with Crippen molar-refractivity contribution in [1.29, 1.82) is 0 Å². The number of hydrogen-bond donors (Lipinski definition) is 0. The molecule has 1 aromatic carbocycles. The van der Waals surface area contributed by atoms with Gasteiger partial charge in [0, 0.05) is 18.7 Å². The van der Waals surface area contributed by atoms with Crippen molar-refractivity contribution in [3.8, 4) is 0 Å². The largest absolute Gasteiger partial charge is 0.262 e. The van der Waals surface area contributed by atoms with Gasteiger partial charge in [-0.25, -0.2) is 8.42 Å². The molecule has 0 aliphatic heterocycles. The van der Waals surface area contributed by atoms with E-state index in [4.69, 9.17) is 10.7 Å². The first-order valence-electron chi connectivity index (χ1n) is 2.81. The molecule has 0 spiro atoms. The molecular formula is C6H3BrClIO2S. The fourth-order valence-electron chi connectivity index (χ4n) is 0.673. The van der Waals surface area contributed by atoms with E-state index >= 15 is 0 Å². The van der Waals surface area contributed by atoms with Gasteiger partial charge in [0.2, 0.25) is 0 Å². The van der Waals surface area contributed by atoms with Crippen LogP contribution in [0.5, 0.6) is 0 Å². The van der Waals surface area contributed by atoms with E-state index in [0.717, 1.165) is 4.47 Å². The highest BCUT2D eigenvalue weighted by Gasteiger charge is 2.13. The topological polar surface area (TPSA) is 34.1 Å². The molecule has 1 rings (SSSR count). The molecule has 2 nitrogen and oxygen atoms in total. The van der Waals surface area contributed by atoms with Crippen molar-refractivity contribution >= 4 is 58.3 Å². The van der Waals surface area contributed by atoms with E-state index in [-0.39, 0.29) is 4.90 Å². The van der Waals surface area contributed by atoms with Gasteiger partial charge in [0.15, 0.2) is 0 Å². The molecule has 0 atom stereocenters. The van der Waals surface area contributed by atoms with Gasteiger partial charge in [-0.2, -0.15) is 0 Å². The number of benzene rings is 1. The van der Waals surface area contributed by atoms with Crippen LogP contribution < -0.4 is 0 Å². The van der Waals surface area contributed by atoms with Crippen molar-refractivity contribution in [2.45, 2.75) is 4.90 Å². The normalized spacial score (nSPS) is 11.6. The number of rotatable bonds is 1. The first-order chi connectivity index (χ1) is 5.41. The summed E-state index contributed by atoms with van der Waals surface area (Å²) in [5.41, 5.74) is 0. The summed E-state index contributed by atoms with van der Waals surface area (Å²) in [6.07, 6.45) is 0. The SMILES string of the molecule is O=S(=O)(Cl)c1ccc(Br)cc1I. The molecule has 0 N–H and O–H groups in total. The molecule has 6 heteroatoms. The van der Waals surface area contributed by atoms with Crippen LogP contribution in [-0.4, -0.2) is 8.42 Å². The van der Waals surface area contributed by atoms with Crippen molar-refractivity contribution in [1.82, 2.24) is 0 Å². The minimum absolute atomic E-state index is 0.146. The smallest absolute Gasteiger partial charge is 0.207 e. The second-order valence-electron chi connectivity index (χ2n) is 2.01. The quantitative estimate of drug-likeness (QED) is 0.554. The molecule has 66 valence electrons. The zero-order chi connectivity index (χ0) is 9.35. The van der Waals surface area contributed by atoms with E-state index in [1.54, 1.807) is 12.1 Å². The van der Waals surface area contributed by atoms with Crippen molar-refractivity contribution in [3.63, 3.8) is 0 Å². The Morgan fingerprint density at radius 3 is 2.42 bits per heavy atom. The summed E-state index contributed by atoms with van der Waals surface area (Å²) in [5.74, 6) is 0.